The molecule has 2 heterocycles. The van der Waals surface area contributed by atoms with Gasteiger partial charge in [0.25, 0.3) is 5.91 Å². The van der Waals surface area contributed by atoms with Gasteiger partial charge in [-0.3, -0.25) is 4.79 Å². The summed E-state index contributed by atoms with van der Waals surface area (Å²) < 4.78 is 5.73. The first-order valence-corrected chi connectivity index (χ1v) is 9.24. The van der Waals surface area contributed by atoms with Crippen LogP contribution in [-0.2, 0) is 22.8 Å². The van der Waals surface area contributed by atoms with Gasteiger partial charge in [0, 0.05) is 16.9 Å². The first-order chi connectivity index (χ1) is 12.1. The average Bonchev–Trinajstić information content (AvgIpc) is 3.28. The molecule has 132 valence electrons. The van der Waals surface area contributed by atoms with Crippen molar-refractivity contribution in [3.8, 4) is 5.75 Å². The van der Waals surface area contributed by atoms with Crippen LogP contribution >= 0.6 is 11.3 Å². The number of amides is 1. The fourth-order valence-corrected chi connectivity index (χ4v) is 3.26. The Balaban J connectivity index is 1.43. The Morgan fingerprint density at radius 3 is 2.92 bits per heavy atom. The van der Waals surface area contributed by atoms with E-state index in [0.717, 1.165) is 21.9 Å². The van der Waals surface area contributed by atoms with Gasteiger partial charge in [-0.1, -0.05) is 37.2 Å². The molecule has 1 aliphatic rings. The maximum Gasteiger partial charge on any atom is 0.264 e. The van der Waals surface area contributed by atoms with Crippen LogP contribution in [0.25, 0.3) is 0 Å². The lowest BCUT2D eigenvalue weighted by molar-refractivity contribution is -0.131. The minimum atomic E-state index is -0.502. The van der Waals surface area contributed by atoms with Crippen LogP contribution < -0.4 is 10.1 Å². The van der Waals surface area contributed by atoms with Gasteiger partial charge in [-0.2, -0.15) is 0 Å². The van der Waals surface area contributed by atoms with Gasteiger partial charge in [-0.15, -0.1) is 11.3 Å². The second kappa shape index (κ2) is 8.16. The number of para-hydroxylation sites is 1. The van der Waals surface area contributed by atoms with E-state index in [2.05, 4.69) is 21.9 Å². The Hall–Kier alpha value is -2.34. The first-order valence-electron chi connectivity index (χ1n) is 8.36. The molecule has 1 aliphatic heterocycles. The molecule has 5 nitrogen and oxygen atoms in total. The molecule has 0 saturated heterocycles. The lowest BCUT2D eigenvalue weighted by Crippen LogP contribution is -2.34. The quantitative estimate of drug-likeness (QED) is 0.820. The van der Waals surface area contributed by atoms with Gasteiger partial charge in [0.15, 0.2) is 0 Å². The Labute approximate surface area is 151 Å². The standard InChI is InChI=1S/C19H22N2O3S/c1-13(2)17-9-18(24-21-17)19(22)20-10-16-8-14(12-25-16)11-23-15-6-4-3-5-7-15/h3-8,12-13,18H,9-11H2,1-2H3,(H,20,22). The molecule has 1 unspecified atom stereocenters. The van der Waals surface area contributed by atoms with E-state index in [9.17, 15) is 4.79 Å². The maximum atomic E-state index is 12.2. The molecular formula is C19H22N2O3S. The second-order valence-corrected chi connectivity index (χ2v) is 7.27. The number of thiophene rings is 1. The summed E-state index contributed by atoms with van der Waals surface area (Å²) in [4.78, 5) is 18.5. The largest absolute Gasteiger partial charge is 0.489 e. The second-order valence-electron chi connectivity index (χ2n) is 6.28. The molecular weight excluding hydrogens is 336 g/mol. The van der Waals surface area contributed by atoms with Crippen molar-refractivity contribution in [2.24, 2.45) is 11.1 Å². The van der Waals surface area contributed by atoms with Crippen LogP contribution in [0.5, 0.6) is 5.75 Å². The minimum absolute atomic E-state index is 0.116. The molecule has 1 amide bonds. The summed E-state index contributed by atoms with van der Waals surface area (Å²) in [6, 6.07) is 11.8. The molecule has 0 spiro atoms. The number of carbonyl (C=O) groups is 1. The van der Waals surface area contributed by atoms with Crippen LogP contribution in [0.15, 0.2) is 46.9 Å². The zero-order valence-electron chi connectivity index (χ0n) is 14.4. The zero-order valence-corrected chi connectivity index (χ0v) is 15.2. The first kappa shape index (κ1) is 17.5. The van der Waals surface area contributed by atoms with Crippen molar-refractivity contribution in [2.45, 2.75) is 39.5 Å². The predicted octanol–water partition coefficient (Wildman–Crippen LogP) is 3.74. The Morgan fingerprint density at radius 1 is 1.40 bits per heavy atom. The third kappa shape index (κ3) is 4.82. The number of nitrogens with one attached hydrogen (secondary N) is 1. The summed E-state index contributed by atoms with van der Waals surface area (Å²) in [5, 5.41) is 8.96. The van der Waals surface area contributed by atoms with Gasteiger partial charge in [-0.25, -0.2) is 0 Å². The molecule has 2 aromatic rings. The number of carbonyl (C=O) groups excluding carboxylic acids is 1. The van der Waals surface area contributed by atoms with Crippen LogP contribution in [-0.4, -0.2) is 17.7 Å². The van der Waals surface area contributed by atoms with Crippen LogP contribution in [0.1, 0.15) is 30.7 Å². The van der Waals surface area contributed by atoms with E-state index in [1.807, 2.05) is 44.2 Å². The topological polar surface area (TPSA) is 59.9 Å². The smallest absolute Gasteiger partial charge is 0.264 e. The van der Waals surface area contributed by atoms with E-state index < -0.39 is 6.10 Å². The van der Waals surface area contributed by atoms with Crippen molar-refractivity contribution in [1.29, 1.82) is 0 Å². The summed E-state index contributed by atoms with van der Waals surface area (Å²) in [5.74, 6) is 1.04. The van der Waals surface area contributed by atoms with Gasteiger partial charge in [-0.05, 0) is 29.5 Å². The van der Waals surface area contributed by atoms with E-state index in [4.69, 9.17) is 9.57 Å². The van der Waals surface area contributed by atoms with Crippen molar-refractivity contribution in [3.63, 3.8) is 0 Å². The summed E-state index contributed by atoms with van der Waals surface area (Å²) in [6.07, 6.45) is 0.0719. The number of hydrogen-bond acceptors (Lipinski definition) is 5. The molecule has 0 bridgehead atoms. The van der Waals surface area contributed by atoms with E-state index in [0.29, 0.717) is 25.5 Å². The summed E-state index contributed by atoms with van der Waals surface area (Å²) >= 11 is 1.61. The van der Waals surface area contributed by atoms with Gasteiger partial charge in [0.1, 0.15) is 12.4 Å². The average molecular weight is 358 g/mol. The van der Waals surface area contributed by atoms with Crippen molar-refractivity contribution < 1.29 is 14.4 Å². The Morgan fingerprint density at radius 2 is 2.20 bits per heavy atom. The van der Waals surface area contributed by atoms with Crippen molar-refractivity contribution >= 4 is 23.0 Å². The molecule has 1 N–H and O–H groups in total. The highest BCUT2D eigenvalue weighted by Gasteiger charge is 2.29. The van der Waals surface area contributed by atoms with E-state index in [-0.39, 0.29) is 5.91 Å². The highest BCUT2D eigenvalue weighted by atomic mass is 32.1. The molecule has 3 rings (SSSR count). The third-order valence-electron chi connectivity index (χ3n) is 3.94. The predicted molar refractivity (Wildman–Crippen MR) is 98.7 cm³/mol. The molecule has 1 aromatic carbocycles. The SMILES string of the molecule is CC(C)C1=NOC(C(=O)NCc2cc(COc3ccccc3)cs2)C1. The highest BCUT2D eigenvalue weighted by molar-refractivity contribution is 7.10. The van der Waals surface area contributed by atoms with Gasteiger partial charge in [0.05, 0.1) is 12.3 Å². The zero-order chi connectivity index (χ0) is 17.6. The van der Waals surface area contributed by atoms with Crippen LogP contribution in [0.4, 0.5) is 0 Å². The molecule has 0 saturated carbocycles. The Kier molecular flexibility index (Phi) is 5.71. The molecule has 1 aromatic heterocycles. The summed E-state index contributed by atoms with van der Waals surface area (Å²) in [6.45, 7) is 5.11. The molecule has 0 fully saturated rings. The monoisotopic (exact) mass is 358 g/mol. The number of hydrogen-bond donors (Lipinski definition) is 1. The number of benzene rings is 1. The van der Waals surface area contributed by atoms with Crippen molar-refractivity contribution in [3.05, 3.63) is 52.2 Å². The lowest BCUT2D eigenvalue weighted by atomic mass is 10.0. The van der Waals surface area contributed by atoms with Gasteiger partial charge < -0.3 is 14.9 Å². The molecule has 0 aliphatic carbocycles. The van der Waals surface area contributed by atoms with Crippen LogP contribution in [0.3, 0.4) is 0 Å². The van der Waals surface area contributed by atoms with Crippen LogP contribution in [0, 0.1) is 5.92 Å². The highest BCUT2D eigenvalue weighted by Crippen LogP contribution is 2.19. The minimum Gasteiger partial charge on any atom is -0.489 e. The number of ether oxygens (including phenoxy) is 1. The Bertz CT molecular complexity index is 740. The number of nitrogens with zero attached hydrogens (tertiary/aromatic N) is 1. The normalized spacial score (nSPS) is 16.4. The van der Waals surface area contributed by atoms with Crippen LogP contribution in [0.2, 0.25) is 0 Å². The number of oxime groups is 1. The van der Waals surface area contributed by atoms with Gasteiger partial charge >= 0.3 is 0 Å². The number of rotatable bonds is 7. The molecule has 0 radical (unpaired) electrons. The van der Waals surface area contributed by atoms with E-state index in [1.54, 1.807) is 11.3 Å². The lowest BCUT2D eigenvalue weighted by Gasteiger charge is -2.09. The summed E-state index contributed by atoms with van der Waals surface area (Å²) in [7, 11) is 0. The molecule has 25 heavy (non-hydrogen) atoms. The van der Waals surface area contributed by atoms with Gasteiger partial charge in [0.2, 0.25) is 6.10 Å². The van der Waals surface area contributed by atoms with E-state index in [1.165, 1.54) is 0 Å². The van der Waals surface area contributed by atoms with E-state index >= 15 is 0 Å². The fourth-order valence-electron chi connectivity index (χ4n) is 2.44. The fraction of sp³-hybridized carbons (Fsp3) is 0.368. The molecule has 1 atom stereocenters. The van der Waals surface area contributed by atoms with Crippen molar-refractivity contribution in [1.82, 2.24) is 5.32 Å². The molecule has 6 heteroatoms. The third-order valence-corrected chi connectivity index (χ3v) is 4.93. The summed E-state index contributed by atoms with van der Waals surface area (Å²) in [5.41, 5.74) is 2.04. The van der Waals surface area contributed by atoms with Crippen molar-refractivity contribution in [2.75, 3.05) is 0 Å². The maximum absolute atomic E-state index is 12.2.